The molecule has 0 aliphatic carbocycles. The van der Waals surface area contributed by atoms with Crippen molar-refractivity contribution in [1.82, 2.24) is 15.5 Å². The standard InChI is InChI=1S/C19H30N4O2.HI/c1-14-6-8-15(9-7-14)12-21-17(20-5)23-11-10-16(13-23)22-18(24)25-19(2,3)4;/h6-9,16H,10-13H2,1-5H3,(H,20,21)(H,22,24);1H. The number of guanidine groups is 1. The van der Waals surface area contributed by atoms with Crippen molar-refractivity contribution < 1.29 is 9.53 Å². The molecule has 0 radical (unpaired) electrons. The Bertz CT molecular complexity index is 611. The van der Waals surface area contributed by atoms with Crippen LogP contribution in [0.3, 0.4) is 0 Å². The maximum atomic E-state index is 11.9. The normalized spacial score (nSPS) is 17.5. The highest BCUT2D eigenvalue weighted by atomic mass is 127. The van der Waals surface area contributed by atoms with Gasteiger partial charge in [0.15, 0.2) is 5.96 Å². The molecular weight excluding hydrogens is 443 g/mol. The van der Waals surface area contributed by atoms with Crippen LogP contribution in [0, 0.1) is 6.92 Å². The van der Waals surface area contributed by atoms with E-state index in [1.54, 1.807) is 7.05 Å². The molecule has 6 nitrogen and oxygen atoms in total. The highest BCUT2D eigenvalue weighted by Crippen LogP contribution is 2.12. The highest BCUT2D eigenvalue weighted by molar-refractivity contribution is 14.0. The highest BCUT2D eigenvalue weighted by Gasteiger charge is 2.27. The van der Waals surface area contributed by atoms with E-state index in [1.165, 1.54) is 11.1 Å². The van der Waals surface area contributed by atoms with Crippen LogP contribution < -0.4 is 10.6 Å². The van der Waals surface area contributed by atoms with E-state index in [0.717, 1.165) is 32.0 Å². The van der Waals surface area contributed by atoms with Gasteiger partial charge in [-0.1, -0.05) is 29.8 Å². The monoisotopic (exact) mass is 474 g/mol. The minimum Gasteiger partial charge on any atom is -0.444 e. The molecule has 1 amide bonds. The fourth-order valence-electron chi connectivity index (χ4n) is 2.76. The zero-order chi connectivity index (χ0) is 18.4. The first-order valence-corrected chi connectivity index (χ1v) is 8.77. The molecule has 2 N–H and O–H groups in total. The van der Waals surface area contributed by atoms with Crippen LogP contribution in [0.4, 0.5) is 4.79 Å². The van der Waals surface area contributed by atoms with Crippen LogP contribution in [0.15, 0.2) is 29.3 Å². The summed E-state index contributed by atoms with van der Waals surface area (Å²) in [6, 6.07) is 8.53. The number of carbonyl (C=O) groups is 1. The van der Waals surface area contributed by atoms with Crippen LogP contribution in [0.1, 0.15) is 38.3 Å². The second-order valence-electron chi connectivity index (χ2n) is 7.46. The van der Waals surface area contributed by atoms with Gasteiger partial charge in [0.25, 0.3) is 0 Å². The van der Waals surface area contributed by atoms with Gasteiger partial charge >= 0.3 is 6.09 Å². The van der Waals surface area contributed by atoms with Gasteiger partial charge in [0.05, 0.1) is 6.04 Å². The first-order valence-electron chi connectivity index (χ1n) is 8.77. The van der Waals surface area contributed by atoms with Gasteiger partial charge in [-0.25, -0.2) is 4.79 Å². The summed E-state index contributed by atoms with van der Waals surface area (Å²) in [6.45, 7) is 9.99. The minimum absolute atomic E-state index is 0. The second kappa shape index (κ2) is 9.99. The number of nitrogens with zero attached hydrogens (tertiary/aromatic N) is 2. The quantitative estimate of drug-likeness (QED) is 0.401. The zero-order valence-electron chi connectivity index (χ0n) is 16.3. The lowest BCUT2D eigenvalue weighted by Crippen LogP contribution is -2.44. The second-order valence-corrected chi connectivity index (χ2v) is 7.46. The van der Waals surface area contributed by atoms with Crippen molar-refractivity contribution in [2.24, 2.45) is 4.99 Å². The number of rotatable bonds is 3. The Hall–Kier alpha value is -1.51. The molecule has 7 heteroatoms. The van der Waals surface area contributed by atoms with Crippen LogP contribution in [0.5, 0.6) is 0 Å². The van der Waals surface area contributed by atoms with Crippen LogP contribution in [0.25, 0.3) is 0 Å². The Morgan fingerprint density at radius 2 is 1.96 bits per heavy atom. The molecule has 1 aliphatic rings. The maximum absolute atomic E-state index is 11.9. The Kier molecular flexibility index (Phi) is 8.66. The lowest BCUT2D eigenvalue weighted by atomic mass is 10.1. The minimum atomic E-state index is -0.478. The lowest BCUT2D eigenvalue weighted by Gasteiger charge is -2.23. The van der Waals surface area contributed by atoms with Crippen molar-refractivity contribution in [2.45, 2.75) is 52.3 Å². The first-order chi connectivity index (χ1) is 11.8. The van der Waals surface area contributed by atoms with Crippen molar-refractivity contribution in [3.63, 3.8) is 0 Å². The van der Waals surface area contributed by atoms with E-state index in [9.17, 15) is 4.79 Å². The summed E-state index contributed by atoms with van der Waals surface area (Å²) >= 11 is 0. The molecule has 0 saturated carbocycles. The third-order valence-corrected chi connectivity index (χ3v) is 3.99. The fraction of sp³-hybridized carbons (Fsp3) is 0.579. The number of ether oxygens (including phenoxy) is 1. The van der Waals surface area contributed by atoms with Gasteiger partial charge in [-0.2, -0.15) is 0 Å². The van der Waals surface area contributed by atoms with Gasteiger partial charge in [0.1, 0.15) is 5.60 Å². The Balaban J connectivity index is 0.00000338. The Labute approximate surface area is 173 Å². The van der Waals surface area contributed by atoms with Crippen LogP contribution in [0.2, 0.25) is 0 Å². The number of benzene rings is 1. The number of hydrogen-bond donors (Lipinski definition) is 2. The number of aliphatic imine (C=N–C) groups is 1. The molecule has 2 rings (SSSR count). The van der Waals surface area contributed by atoms with Crippen molar-refractivity contribution in [3.05, 3.63) is 35.4 Å². The van der Waals surface area contributed by atoms with E-state index in [2.05, 4.69) is 51.7 Å². The van der Waals surface area contributed by atoms with Crippen LogP contribution in [-0.2, 0) is 11.3 Å². The molecule has 1 unspecified atom stereocenters. The molecule has 146 valence electrons. The van der Waals surface area contributed by atoms with Gasteiger partial charge in [0, 0.05) is 26.7 Å². The summed E-state index contributed by atoms with van der Waals surface area (Å²) in [5, 5.41) is 6.33. The molecule has 1 heterocycles. The number of alkyl carbamates (subject to hydrolysis) is 1. The first kappa shape index (κ1) is 22.5. The van der Waals surface area contributed by atoms with E-state index >= 15 is 0 Å². The van der Waals surface area contributed by atoms with Crippen molar-refractivity contribution >= 4 is 36.0 Å². The van der Waals surface area contributed by atoms with Crippen molar-refractivity contribution in [3.8, 4) is 0 Å². The van der Waals surface area contributed by atoms with Gasteiger partial charge in [-0.3, -0.25) is 4.99 Å². The number of carbonyl (C=O) groups excluding carboxylic acids is 1. The molecule has 1 fully saturated rings. The lowest BCUT2D eigenvalue weighted by molar-refractivity contribution is 0.0507. The molecule has 0 aromatic heterocycles. The van der Waals surface area contributed by atoms with E-state index < -0.39 is 5.60 Å². The molecule has 26 heavy (non-hydrogen) atoms. The molecular formula is C19H31IN4O2. The van der Waals surface area contributed by atoms with Gasteiger partial charge < -0.3 is 20.3 Å². The number of likely N-dealkylation sites (tertiary alicyclic amines) is 1. The summed E-state index contributed by atoms with van der Waals surface area (Å²) < 4.78 is 5.32. The molecule has 1 aliphatic heterocycles. The van der Waals surface area contributed by atoms with Gasteiger partial charge in [0.2, 0.25) is 0 Å². The summed E-state index contributed by atoms with van der Waals surface area (Å²) in [5.41, 5.74) is 1.99. The van der Waals surface area contributed by atoms with E-state index in [1.807, 2.05) is 20.8 Å². The van der Waals surface area contributed by atoms with Gasteiger partial charge in [-0.15, -0.1) is 24.0 Å². The average molecular weight is 474 g/mol. The average Bonchev–Trinajstić information content (AvgIpc) is 2.96. The Morgan fingerprint density at radius 3 is 2.54 bits per heavy atom. The molecule has 1 saturated heterocycles. The van der Waals surface area contributed by atoms with E-state index in [0.29, 0.717) is 0 Å². The molecule has 1 aromatic carbocycles. The molecule has 0 bridgehead atoms. The van der Waals surface area contributed by atoms with Crippen molar-refractivity contribution in [1.29, 1.82) is 0 Å². The predicted molar refractivity (Wildman–Crippen MR) is 116 cm³/mol. The number of halogens is 1. The predicted octanol–water partition coefficient (Wildman–Crippen LogP) is 3.29. The topological polar surface area (TPSA) is 66.0 Å². The number of aryl methyl sites for hydroxylation is 1. The number of nitrogens with one attached hydrogen (secondary N) is 2. The van der Waals surface area contributed by atoms with Crippen molar-refractivity contribution in [2.75, 3.05) is 20.1 Å². The number of amides is 1. The maximum Gasteiger partial charge on any atom is 0.407 e. The summed E-state index contributed by atoms with van der Waals surface area (Å²) in [5.74, 6) is 0.856. The summed E-state index contributed by atoms with van der Waals surface area (Å²) in [7, 11) is 1.78. The summed E-state index contributed by atoms with van der Waals surface area (Å²) in [6.07, 6.45) is 0.520. The van der Waals surface area contributed by atoms with Gasteiger partial charge in [-0.05, 0) is 39.7 Å². The third kappa shape index (κ3) is 7.39. The van der Waals surface area contributed by atoms with Crippen LogP contribution in [-0.4, -0.2) is 48.7 Å². The smallest absolute Gasteiger partial charge is 0.407 e. The van der Waals surface area contributed by atoms with E-state index in [-0.39, 0.29) is 36.1 Å². The van der Waals surface area contributed by atoms with Crippen LogP contribution >= 0.6 is 24.0 Å². The Morgan fingerprint density at radius 1 is 1.31 bits per heavy atom. The SMILES string of the molecule is CN=C(NCc1ccc(C)cc1)N1CCC(NC(=O)OC(C)(C)C)C1.I. The van der Waals surface area contributed by atoms with E-state index in [4.69, 9.17) is 4.74 Å². The molecule has 1 atom stereocenters. The summed E-state index contributed by atoms with van der Waals surface area (Å²) in [4.78, 5) is 18.4. The number of hydrogen-bond acceptors (Lipinski definition) is 3. The fourth-order valence-corrected chi connectivity index (χ4v) is 2.76. The zero-order valence-corrected chi connectivity index (χ0v) is 18.7. The third-order valence-electron chi connectivity index (χ3n) is 3.99. The molecule has 0 spiro atoms. The molecule has 1 aromatic rings. The largest absolute Gasteiger partial charge is 0.444 e.